The zero-order valence-corrected chi connectivity index (χ0v) is 7.53. The molecule has 1 fully saturated rings. The fourth-order valence-electron chi connectivity index (χ4n) is 1.34. The van der Waals surface area contributed by atoms with E-state index in [2.05, 4.69) is 9.97 Å². The summed E-state index contributed by atoms with van der Waals surface area (Å²) >= 11 is 0. The van der Waals surface area contributed by atoms with Crippen molar-refractivity contribution in [2.24, 2.45) is 0 Å². The minimum atomic E-state index is -0.341. The van der Waals surface area contributed by atoms with Crippen molar-refractivity contribution in [3.8, 4) is 0 Å². The van der Waals surface area contributed by atoms with Crippen molar-refractivity contribution >= 4 is 0 Å². The van der Waals surface area contributed by atoms with E-state index in [9.17, 15) is 5.11 Å². The topological polar surface area (TPSA) is 55.2 Å². The molecule has 0 spiro atoms. The summed E-state index contributed by atoms with van der Waals surface area (Å²) in [6.07, 6.45) is 1.72. The molecule has 4 heteroatoms. The van der Waals surface area contributed by atoms with Gasteiger partial charge in [0, 0.05) is 11.9 Å². The molecule has 4 nitrogen and oxygen atoms in total. The van der Waals surface area contributed by atoms with Crippen LogP contribution in [0.15, 0.2) is 12.3 Å². The highest BCUT2D eigenvalue weighted by molar-refractivity contribution is 5.14. The molecule has 0 aliphatic carbocycles. The van der Waals surface area contributed by atoms with Crippen molar-refractivity contribution in [2.75, 3.05) is 19.8 Å². The second kappa shape index (κ2) is 3.05. The van der Waals surface area contributed by atoms with E-state index in [1.165, 1.54) is 0 Å². The van der Waals surface area contributed by atoms with Crippen LogP contribution in [-0.2, 0) is 10.2 Å². The third-order valence-corrected chi connectivity index (χ3v) is 2.33. The average Bonchev–Trinajstić information content (AvgIpc) is 2.03. The molecule has 0 radical (unpaired) electrons. The first-order valence-electron chi connectivity index (χ1n) is 4.26. The third kappa shape index (κ3) is 1.32. The largest absolute Gasteiger partial charge is 0.395 e. The van der Waals surface area contributed by atoms with Gasteiger partial charge in [0.2, 0.25) is 0 Å². The van der Waals surface area contributed by atoms with Crippen LogP contribution in [0.25, 0.3) is 0 Å². The molecule has 0 atom stereocenters. The standard InChI is InChI=1S/C9H12N2O2/c1-7-2-3-10-8(11-7)9(4-12)5-13-6-9/h2-3,12H,4-6H2,1H3. The van der Waals surface area contributed by atoms with E-state index in [1.54, 1.807) is 6.20 Å². The molecule has 70 valence electrons. The van der Waals surface area contributed by atoms with Crippen molar-refractivity contribution in [3.05, 3.63) is 23.8 Å². The molecule has 1 aromatic heterocycles. The first kappa shape index (κ1) is 8.59. The van der Waals surface area contributed by atoms with E-state index in [0.717, 1.165) is 5.69 Å². The fraction of sp³-hybridized carbons (Fsp3) is 0.556. The monoisotopic (exact) mass is 180 g/mol. The molecule has 1 N–H and O–H groups in total. The average molecular weight is 180 g/mol. The summed E-state index contributed by atoms with van der Waals surface area (Å²) in [7, 11) is 0. The molecule has 0 amide bonds. The minimum Gasteiger partial charge on any atom is -0.395 e. The summed E-state index contributed by atoms with van der Waals surface area (Å²) in [5, 5.41) is 9.22. The Hall–Kier alpha value is -1.00. The zero-order chi connectivity index (χ0) is 9.31. The Morgan fingerprint density at radius 3 is 2.85 bits per heavy atom. The highest BCUT2D eigenvalue weighted by atomic mass is 16.5. The van der Waals surface area contributed by atoms with Gasteiger partial charge in [0.15, 0.2) is 0 Å². The summed E-state index contributed by atoms with van der Waals surface area (Å²) in [6, 6.07) is 1.84. The van der Waals surface area contributed by atoms with Gasteiger partial charge < -0.3 is 9.84 Å². The molecule has 1 saturated heterocycles. The fourth-order valence-corrected chi connectivity index (χ4v) is 1.34. The molecular weight excluding hydrogens is 168 g/mol. The first-order valence-corrected chi connectivity index (χ1v) is 4.26. The third-order valence-electron chi connectivity index (χ3n) is 2.33. The Balaban J connectivity index is 2.33. The number of hydrogen-bond donors (Lipinski definition) is 1. The van der Waals surface area contributed by atoms with Crippen molar-refractivity contribution in [2.45, 2.75) is 12.3 Å². The van der Waals surface area contributed by atoms with Crippen molar-refractivity contribution < 1.29 is 9.84 Å². The van der Waals surface area contributed by atoms with Crippen LogP contribution in [0.4, 0.5) is 0 Å². The van der Waals surface area contributed by atoms with Gasteiger partial charge in [-0.05, 0) is 13.0 Å². The van der Waals surface area contributed by atoms with Crippen molar-refractivity contribution in [1.82, 2.24) is 9.97 Å². The van der Waals surface area contributed by atoms with Gasteiger partial charge in [-0.2, -0.15) is 0 Å². The van der Waals surface area contributed by atoms with E-state index < -0.39 is 0 Å². The van der Waals surface area contributed by atoms with Crippen molar-refractivity contribution in [3.63, 3.8) is 0 Å². The molecule has 1 aliphatic heterocycles. The summed E-state index contributed by atoms with van der Waals surface area (Å²) in [6.45, 7) is 3.01. The van der Waals surface area contributed by atoms with E-state index in [4.69, 9.17) is 4.74 Å². The highest BCUT2D eigenvalue weighted by Gasteiger charge is 2.42. The quantitative estimate of drug-likeness (QED) is 0.698. The van der Waals surface area contributed by atoms with Crippen LogP contribution in [0.3, 0.4) is 0 Å². The zero-order valence-electron chi connectivity index (χ0n) is 7.53. The number of ether oxygens (including phenoxy) is 1. The Bertz CT molecular complexity index is 305. The number of rotatable bonds is 2. The van der Waals surface area contributed by atoms with Crippen LogP contribution in [0.1, 0.15) is 11.5 Å². The predicted octanol–water partition coefficient (Wildman–Crippen LogP) is 0.0453. The second-order valence-electron chi connectivity index (χ2n) is 3.45. The number of aromatic nitrogens is 2. The molecule has 0 bridgehead atoms. The summed E-state index contributed by atoms with van der Waals surface area (Å²) < 4.78 is 5.08. The van der Waals surface area contributed by atoms with Gasteiger partial charge >= 0.3 is 0 Å². The van der Waals surface area contributed by atoms with Crippen LogP contribution in [0, 0.1) is 6.92 Å². The van der Waals surface area contributed by atoms with Crippen molar-refractivity contribution in [1.29, 1.82) is 0 Å². The maximum absolute atomic E-state index is 9.22. The smallest absolute Gasteiger partial charge is 0.141 e. The lowest BCUT2D eigenvalue weighted by molar-refractivity contribution is -0.0884. The Morgan fingerprint density at radius 2 is 2.38 bits per heavy atom. The van der Waals surface area contributed by atoms with E-state index in [1.807, 2.05) is 13.0 Å². The molecule has 1 aromatic rings. The lowest BCUT2D eigenvalue weighted by Gasteiger charge is -2.38. The molecule has 1 aliphatic rings. The van der Waals surface area contributed by atoms with Crippen LogP contribution < -0.4 is 0 Å². The molecule has 13 heavy (non-hydrogen) atoms. The number of aliphatic hydroxyl groups is 1. The molecule has 0 unspecified atom stereocenters. The van der Waals surface area contributed by atoms with E-state index in [-0.39, 0.29) is 12.0 Å². The SMILES string of the molecule is Cc1ccnc(C2(CO)COC2)n1. The maximum atomic E-state index is 9.22. The Kier molecular flexibility index (Phi) is 2.01. The van der Waals surface area contributed by atoms with Gasteiger partial charge in [-0.1, -0.05) is 0 Å². The van der Waals surface area contributed by atoms with Gasteiger partial charge in [0.1, 0.15) is 5.82 Å². The first-order chi connectivity index (χ1) is 6.27. The summed E-state index contributed by atoms with van der Waals surface area (Å²) in [4.78, 5) is 8.44. The van der Waals surface area contributed by atoms with E-state index in [0.29, 0.717) is 19.0 Å². The van der Waals surface area contributed by atoms with Crippen LogP contribution >= 0.6 is 0 Å². The minimum absolute atomic E-state index is 0.0520. The molecule has 0 saturated carbocycles. The summed E-state index contributed by atoms with van der Waals surface area (Å²) in [5.74, 6) is 0.696. The Morgan fingerprint density at radius 1 is 1.62 bits per heavy atom. The predicted molar refractivity (Wildman–Crippen MR) is 46.4 cm³/mol. The van der Waals surface area contributed by atoms with Gasteiger partial charge in [-0.3, -0.25) is 0 Å². The summed E-state index contributed by atoms with van der Waals surface area (Å²) in [5.41, 5.74) is 0.580. The maximum Gasteiger partial charge on any atom is 0.141 e. The lowest BCUT2D eigenvalue weighted by atomic mass is 9.86. The molecule has 0 aromatic carbocycles. The Labute approximate surface area is 76.6 Å². The number of hydrogen-bond acceptors (Lipinski definition) is 4. The number of aliphatic hydroxyl groups excluding tert-OH is 1. The van der Waals surface area contributed by atoms with Crippen LogP contribution in [0.2, 0.25) is 0 Å². The van der Waals surface area contributed by atoms with Crippen LogP contribution in [-0.4, -0.2) is 34.9 Å². The normalized spacial score (nSPS) is 19.5. The van der Waals surface area contributed by atoms with Gasteiger partial charge in [-0.15, -0.1) is 0 Å². The van der Waals surface area contributed by atoms with Gasteiger partial charge in [0.05, 0.1) is 25.2 Å². The number of nitrogens with zero attached hydrogens (tertiary/aromatic N) is 2. The lowest BCUT2D eigenvalue weighted by Crippen LogP contribution is -2.51. The molecular formula is C9H12N2O2. The molecule has 2 heterocycles. The van der Waals surface area contributed by atoms with Gasteiger partial charge in [-0.25, -0.2) is 9.97 Å². The van der Waals surface area contributed by atoms with Gasteiger partial charge in [0.25, 0.3) is 0 Å². The second-order valence-corrected chi connectivity index (χ2v) is 3.45. The highest BCUT2D eigenvalue weighted by Crippen LogP contribution is 2.28. The number of aryl methyl sites for hydroxylation is 1. The molecule has 2 rings (SSSR count). The van der Waals surface area contributed by atoms with Crippen LogP contribution in [0.5, 0.6) is 0 Å². The van der Waals surface area contributed by atoms with E-state index >= 15 is 0 Å².